The highest BCUT2D eigenvalue weighted by molar-refractivity contribution is 5.94. The smallest absolute Gasteiger partial charge is 0.120 e. The molecular weight excluding hydrogens is 300 g/mol. The number of aromatic nitrogens is 1. The van der Waals surface area contributed by atoms with Crippen molar-refractivity contribution in [1.29, 1.82) is 0 Å². The highest BCUT2D eigenvalue weighted by atomic mass is 35.5. The van der Waals surface area contributed by atoms with Gasteiger partial charge < -0.3 is 15.2 Å². The van der Waals surface area contributed by atoms with Crippen LogP contribution in [0.3, 0.4) is 0 Å². The Morgan fingerprint density at radius 3 is 2.68 bits per heavy atom. The Balaban J connectivity index is 0.00000176. The Morgan fingerprint density at radius 1 is 1.09 bits per heavy atom. The van der Waals surface area contributed by atoms with E-state index in [4.69, 9.17) is 4.74 Å². The number of ether oxygens (including phenoxy) is 1. The third-order valence-corrected chi connectivity index (χ3v) is 3.27. The average Bonchev–Trinajstić information content (AvgIpc) is 2.46. The van der Waals surface area contributed by atoms with Gasteiger partial charge in [0, 0.05) is 34.6 Å². The number of aromatic hydroxyl groups is 1. The number of benzene rings is 2. The molecule has 5 heteroatoms. The molecular formula is C17H17ClN2O2. The molecule has 3 aromatic rings. The molecule has 1 heterocycles. The van der Waals surface area contributed by atoms with Crippen LogP contribution >= 0.6 is 12.4 Å². The van der Waals surface area contributed by atoms with Crippen molar-refractivity contribution >= 4 is 34.7 Å². The van der Waals surface area contributed by atoms with Crippen LogP contribution in [0, 0.1) is 6.92 Å². The van der Waals surface area contributed by atoms with Crippen molar-refractivity contribution in [2.45, 2.75) is 6.92 Å². The normalized spacial score (nSPS) is 10.1. The molecule has 2 aromatic carbocycles. The largest absolute Gasteiger partial charge is 0.508 e. The minimum absolute atomic E-state index is 0. The van der Waals surface area contributed by atoms with E-state index in [-0.39, 0.29) is 18.2 Å². The summed E-state index contributed by atoms with van der Waals surface area (Å²) < 4.78 is 5.23. The number of halogens is 1. The summed E-state index contributed by atoms with van der Waals surface area (Å²) in [7, 11) is 1.65. The summed E-state index contributed by atoms with van der Waals surface area (Å²) in [6, 6.07) is 14.9. The number of pyridine rings is 1. The molecule has 0 saturated heterocycles. The molecule has 1 aromatic heterocycles. The van der Waals surface area contributed by atoms with Gasteiger partial charge in [0.15, 0.2) is 0 Å². The average molecular weight is 317 g/mol. The molecule has 114 valence electrons. The van der Waals surface area contributed by atoms with Gasteiger partial charge in [-0.25, -0.2) is 0 Å². The summed E-state index contributed by atoms with van der Waals surface area (Å²) in [5.74, 6) is 1.01. The SMILES string of the molecule is COc1cccc(Nc2cc(C)nc3cc(O)ccc23)c1.Cl. The number of hydrogen-bond acceptors (Lipinski definition) is 4. The maximum Gasteiger partial charge on any atom is 0.120 e. The zero-order valence-corrected chi connectivity index (χ0v) is 13.1. The molecule has 0 unspecified atom stereocenters. The molecule has 0 saturated carbocycles. The molecule has 4 nitrogen and oxygen atoms in total. The van der Waals surface area contributed by atoms with Crippen molar-refractivity contribution in [3.05, 3.63) is 54.2 Å². The molecule has 0 atom stereocenters. The number of nitrogens with one attached hydrogen (secondary N) is 1. The fourth-order valence-corrected chi connectivity index (χ4v) is 2.31. The van der Waals surface area contributed by atoms with Crippen LogP contribution in [0.5, 0.6) is 11.5 Å². The molecule has 0 radical (unpaired) electrons. The monoisotopic (exact) mass is 316 g/mol. The summed E-state index contributed by atoms with van der Waals surface area (Å²) in [6.07, 6.45) is 0. The Bertz CT molecular complexity index is 801. The lowest BCUT2D eigenvalue weighted by Gasteiger charge is -2.12. The van der Waals surface area contributed by atoms with Crippen LogP contribution in [0.4, 0.5) is 11.4 Å². The zero-order valence-electron chi connectivity index (χ0n) is 12.3. The van der Waals surface area contributed by atoms with Crippen LogP contribution in [0.1, 0.15) is 5.69 Å². The first-order valence-electron chi connectivity index (χ1n) is 6.67. The van der Waals surface area contributed by atoms with Gasteiger partial charge in [0.05, 0.1) is 12.6 Å². The van der Waals surface area contributed by atoms with E-state index in [9.17, 15) is 5.11 Å². The molecule has 0 bridgehead atoms. The van der Waals surface area contributed by atoms with E-state index in [1.54, 1.807) is 19.2 Å². The highest BCUT2D eigenvalue weighted by Gasteiger charge is 2.06. The number of hydrogen-bond donors (Lipinski definition) is 2. The number of phenolic OH excluding ortho intramolecular Hbond substituents is 1. The molecule has 0 spiro atoms. The first-order valence-corrected chi connectivity index (χ1v) is 6.67. The van der Waals surface area contributed by atoms with Gasteiger partial charge >= 0.3 is 0 Å². The van der Waals surface area contributed by atoms with Gasteiger partial charge in [-0.3, -0.25) is 4.98 Å². The molecule has 0 fully saturated rings. The summed E-state index contributed by atoms with van der Waals surface area (Å²) in [5, 5.41) is 13.9. The van der Waals surface area contributed by atoms with E-state index < -0.39 is 0 Å². The van der Waals surface area contributed by atoms with Gasteiger partial charge in [0.2, 0.25) is 0 Å². The number of fused-ring (bicyclic) bond motifs is 1. The van der Waals surface area contributed by atoms with Gasteiger partial charge in [-0.05, 0) is 37.3 Å². The van der Waals surface area contributed by atoms with Crippen molar-refractivity contribution in [2.24, 2.45) is 0 Å². The van der Waals surface area contributed by atoms with Crippen LogP contribution in [0.15, 0.2) is 48.5 Å². The summed E-state index contributed by atoms with van der Waals surface area (Å²) in [4.78, 5) is 4.45. The molecule has 0 aliphatic heterocycles. The van der Waals surface area contributed by atoms with E-state index in [0.29, 0.717) is 0 Å². The second-order valence-electron chi connectivity index (χ2n) is 4.87. The van der Waals surface area contributed by atoms with Gasteiger partial charge in [-0.2, -0.15) is 0 Å². The zero-order chi connectivity index (χ0) is 14.8. The van der Waals surface area contributed by atoms with E-state index in [1.165, 1.54) is 0 Å². The van der Waals surface area contributed by atoms with E-state index >= 15 is 0 Å². The fourth-order valence-electron chi connectivity index (χ4n) is 2.31. The van der Waals surface area contributed by atoms with E-state index in [0.717, 1.165) is 33.7 Å². The van der Waals surface area contributed by atoms with Crippen LogP contribution in [-0.2, 0) is 0 Å². The van der Waals surface area contributed by atoms with Crippen molar-refractivity contribution in [3.8, 4) is 11.5 Å². The number of methoxy groups -OCH3 is 1. The third-order valence-electron chi connectivity index (χ3n) is 3.27. The number of rotatable bonds is 3. The van der Waals surface area contributed by atoms with Gasteiger partial charge in [0.1, 0.15) is 11.5 Å². The number of aryl methyl sites for hydroxylation is 1. The predicted octanol–water partition coefficient (Wildman–Crippen LogP) is 4.42. The maximum absolute atomic E-state index is 9.59. The second-order valence-corrected chi connectivity index (χ2v) is 4.87. The lowest BCUT2D eigenvalue weighted by atomic mass is 10.1. The quantitative estimate of drug-likeness (QED) is 0.751. The predicted molar refractivity (Wildman–Crippen MR) is 91.7 cm³/mol. The summed E-state index contributed by atoms with van der Waals surface area (Å²) >= 11 is 0. The Hall–Kier alpha value is -2.46. The molecule has 3 rings (SSSR count). The lowest BCUT2D eigenvalue weighted by Crippen LogP contribution is -1.95. The molecule has 0 amide bonds. The third kappa shape index (κ3) is 3.23. The van der Waals surface area contributed by atoms with Crippen LogP contribution in [-0.4, -0.2) is 17.2 Å². The van der Waals surface area contributed by atoms with Gasteiger partial charge in [0.25, 0.3) is 0 Å². The first-order chi connectivity index (χ1) is 10.2. The standard InChI is InChI=1S/C17H16N2O2.ClH/c1-11-8-16(15-7-6-13(20)10-17(15)18-11)19-12-4-3-5-14(9-12)21-2;/h3-10,20H,1-2H3,(H,18,19);1H. The number of phenols is 1. The molecule has 22 heavy (non-hydrogen) atoms. The first kappa shape index (κ1) is 15.9. The van der Waals surface area contributed by atoms with Gasteiger partial charge in [-0.15, -0.1) is 12.4 Å². The molecule has 2 N–H and O–H groups in total. The number of nitrogens with zero attached hydrogens (tertiary/aromatic N) is 1. The Morgan fingerprint density at radius 2 is 1.91 bits per heavy atom. The van der Waals surface area contributed by atoms with Crippen LogP contribution in [0.25, 0.3) is 10.9 Å². The summed E-state index contributed by atoms with van der Waals surface area (Å²) in [5.41, 5.74) is 3.54. The Labute approximate surface area is 135 Å². The van der Waals surface area contributed by atoms with E-state index in [2.05, 4.69) is 10.3 Å². The fraction of sp³-hybridized carbons (Fsp3) is 0.118. The minimum atomic E-state index is 0. The summed E-state index contributed by atoms with van der Waals surface area (Å²) in [6.45, 7) is 1.93. The van der Waals surface area contributed by atoms with Crippen molar-refractivity contribution in [3.63, 3.8) is 0 Å². The highest BCUT2D eigenvalue weighted by Crippen LogP contribution is 2.29. The molecule has 0 aliphatic carbocycles. The topological polar surface area (TPSA) is 54.4 Å². The van der Waals surface area contributed by atoms with Crippen molar-refractivity contribution in [1.82, 2.24) is 4.98 Å². The van der Waals surface area contributed by atoms with Crippen molar-refractivity contribution in [2.75, 3.05) is 12.4 Å². The van der Waals surface area contributed by atoms with Gasteiger partial charge in [-0.1, -0.05) is 6.07 Å². The molecule has 0 aliphatic rings. The Kier molecular flexibility index (Phi) is 4.73. The lowest BCUT2D eigenvalue weighted by molar-refractivity contribution is 0.415. The van der Waals surface area contributed by atoms with Crippen LogP contribution in [0.2, 0.25) is 0 Å². The minimum Gasteiger partial charge on any atom is -0.508 e. The van der Waals surface area contributed by atoms with E-state index in [1.807, 2.05) is 43.3 Å². The maximum atomic E-state index is 9.59. The second kappa shape index (κ2) is 6.54. The number of anilines is 2. The van der Waals surface area contributed by atoms with Crippen molar-refractivity contribution < 1.29 is 9.84 Å². The van der Waals surface area contributed by atoms with Crippen LogP contribution < -0.4 is 10.1 Å².